The van der Waals surface area contributed by atoms with Crippen LogP contribution in [0, 0.1) is 6.92 Å². The minimum Gasteiger partial charge on any atom is -0.465 e. The van der Waals surface area contributed by atoms with E-state index in [9.17, 15) is 9.59 Å². The van der Waals surface area contributed by atoms with Crippen molar-refractivity contribution in [2.45, 2.75) is 26.8 Å². The van der Waals surface area contributed by atoms with Gasteiger partial charge in [0.1, 0.15) is 0 Å². The summed E-state index contributed by atoms with van der Waals surface area (Å²) in [6, 6.07) is 3.50. The number of rotatable bonds is 5. The van der Waals surface area contributed by atoms with Crippen molar-refractivity contribution in [3.05, 3.63) is 23.3 Å². The molecule has 0 saturated heterocycles. The summed E-state index contributed by atoms with van der Waals surface area (Å²) < 4.78 is 4.72. The first-order valence-corrected chi connectivity index (χ1v) is 6.31. The van der Waals surface area contributed by atoms with Crippen LogP contribution in [0.5, 0.6) is 0 Å². The minimum absolute atomic E-state index is 0.0519. The van der Waals surface area contributed by atoms with Crippen LogP contribution in [0.15, 0.2) is 12.1 Å². The average Bonchev–Trinajstić information content (AvgIpc) is 2.37. The van der Waals surface area contributed by atoms with Crippen LogP contribution < -0.4 is 16.4 Å². The summed E-state index contributed by atoms with van der Waals surface area (Å²) >= 11 is 0. The third-order valence-corrected chi connectivity index (χ3v) is 3.06. The van der Waals surface area contributed by atoms with Crippen LogP contribution in [0.1, 0.15) is 29.8 Å². The lowest BCUT2D eigenvalue weighted by Gasteiger charge is -2.28. The first-order chi connectivity index (χ1) is 9.27. The second kappa shape index (κ2) is 6.27. The molecule has 0 unspecified atom stereocenters. The maximum atomic E-state index is 11.7. The van der Waals surface area contributed by atoms with Crippen molar-refractivity contribution in [1.82, 2.24) is 0 Å². The number of hydrogen-bond acceptors (Lipinski definition) is 5. The van der Waals surface area contributed by atoms with Gasteiger partial charge in [0, 0.05) is 17.4 Å². The smallest absolute Gasteiger partial charge is 0.340 e. The number of nitrogens with zero attached hydrogens (tertiary/aromatic N) is 1. The number of methoxy groups -OCH3 is 1. The van der Waals surface area contributed by atoms with Crippen LogP contribution in [-0.4, -0.2) is 31.6 Å². The number of aryl methyl sites for hydroxylation is 1. The molecular formula is C14H21N3O3. The molecule has 6 nitrogen and oxygen atoms in total. The quantitative estimate of drug-likeness (QED) is 0.620. The standard InChI is InChI=1S/C14H21N3O3/c1-8(2)17(7-12(15)18)10-5-9(3)13(16)11(6-10)14(19)20-4/h5-6,8H,7,16H2,1-4H3,(H2,15,18). The van der Waals surface area contributed by atoms with Crippen molar-refractivity contribution < 1.29 is 14.3 Å². The average molecular weight is 279 g/mol. The van der Waals surface area contributed by atoms with E-state index in [0.717, 1.165) is 5.56 Å². The first kappa shape index (κ1) is 15.8. The molecule has 0 atom stereocenters. The van der Waals surface area contributed by atoms with E-state index in [1.165, 1.54) is 7.11 Å². The fraction of sp³-hybridized carbons (Fsp3) is 0.429. The molecule has 20 heavy (non-hydrogen) atoms. The number of carbonyl (C=O) groups excluding carboxylic acids is 2. The first-order valence-electron chi connectivity index (χ1n) is 6.31. The van der Waals surface area contributed by atoms with E-state index in [-0.39, 0.29) is 18.2 Å². The molecule has 0 spiro atoms. The Morgan fingerprint density at radius 3 is 2.40 bits per heavy atom. The predicted molar refractivity (Wildman–Crippen MR) is 78.6 cm³/mol. The molecule has 0 aliphatic heterocycles. The number of nitrogens with two attached hydrogens (primary N) is 2. The van der Waals surface area contributed by atoms with E-state index in [4.69, 9.17) is 16.2 Å². The van der Waals surface area contributed by atoms with Gasteiger partial charge < -0.3 is 21.1 Å². The zero-order chi connectivity index (χ0) is 15.4. The van der Waals surface area contributed by atoms with E-state index >= 15 is 0 Å². The van der Waals surface area contributed by atoms with Gasteiger partial charge >= 0.3 is 5.97 Å². The summed E-state index contributed by atoms with van der Waals surface area (Å²) in [4.78, 5) is 24.7. The summed E-state index contributed by atoms with van der Waals surface area (Å²) in [5.41, 5.74) is 13.3. The maximum absolute atomic E-state index is 11.7. The monoisotopic (exact) mass is 279 g/mol. The van der Waals surface area contributed by atoms with Crippen molar-refractivity contribution in [1.29, 1.82) is 0 Å². The van der Waals surface area contributed by atoms with Crippen LogP contribution in [-0.2, 0) is 9.53 Å². The lowest BCUT2D eigenvalue weighted by Crippen LogP contribution is -2.38. The normalized spacial score (nSPS) is 10.4. The highest BCUT2D eigenvalue weighted by molar-refractivity contribution is 5.97. The van der Waals surface area contributed by atoms with Crippen LogP contribution in [0.3, 0.4) is 0 Å². The lowest BCUT2D eigenvalue weighted by molar-refractivity contribution is -0.116. The summed E-state index contributed by atoms with van der Waals surface area (Å²) in [7, 11) is 1.30. The number of hydrogen-bond donors (Lipinski definition) is 2. The molecule has 0 aliphatic carbocycles. The molecular weight excluding hydrogens is 258 g/mol. The van der Waals surface area contributed by atoms with Crippen molar-refractivity contribution >= 4 is 23.3 Å². The summed E-state index contributed by atoms with van der Waals surface area (Å²) in [5, 5.41) is 0. The van der Waals surface area contributed by atoms with Crippen LogP contribution in [0.25, 0.3) is 0 Å². The van der Waals surface area contributed by atoms with Gasteiger partial charge in [0.25, 0.3) is 0 Å². The fourth-order valence-electron chi connectivity index (χ4n) is 1.96. The maximum Gasteiger partial charge on any atom is 0.340 e. The molecule has 1 aromatic rings. The molecule has 0 aliphatic rings. The van der Waals surface area contributed by atoms with Gasteiger partial charge in [-0.25, -0.2) is 4.79 Å². The van der Waals surface area contributed by atoms with Gasteiger partial charge in [-0.05, 0) is 38.5 Å². The highest BCUT2D eigenvalue weighted by Crippen LogP contribution is 2.27. The molecule has 1 amide bonds. The second-order valence-corrected chi connectivity index (χ2v) is 4.90. The molecule has 1 aromatic carbocycles. The Bertz CT molecular complexity index is 527. The van der Waals surface area contributed by atoms with Crippen LogP contribution in [0.4, 0.5) is 11.4 Å². The summed E-state index contributed by atoms with van der Waals surface area (Å²) in [6.45, 7) is 5.74. The molecule has 0 radical (unpaired) electrons. The van der Waals surface area contributed by atoms with Crippen molar-refractivity contribution in [3.8, 4) is 0 Å². The minimum atomic E-state index is -0.504. The van der Waals surface area contributed by atoms with E-state index in [0.29, 0.717) is 11.4 Å². The van der Waals surface area contributed by atoms with E-state index in [1.807, 2.05) is 19.9 Å². The zero-order valence-corrected chi connectivity index (χ0v) is 12.3. The van der Waals surface area contributed by atoms with E-state index < -0.39 is 11.9 Å². The third kappa shape index (κ3) is 3.40. The van der Waals surface area contributed by atoms with Crippen LogP contribution in [0.2, 0.25) is 0 Å². The molecule has 1 rings (SSSR count). The van der Waals surface area contributed by atoms with Crippen LogP contribution >= 0.6 is 0 Å². The number of amides is 1. The Morgan fingerprint density at radius 2 is 1.95 bits per heavy atom. The highest BCUT2D eigenvalue weighted by atomic mass is 16.5. The van der Waals surface area contributed by atoms with Crippen molar-refractivity contribution in [2.24, 2.45) is 5.73 Å². The number of benzene rings is 1. The van der Waals surface area contributed by atoms with Gasteiger partial charge in [0.15, 0.2) is 0 Å². The third-order valence-electron chi connectivity index (χ3n) is 3.06. The summed E-state index contributed by atoms with van der Waals surface area (Å²) in [5.74, 6) is -0.942. The molecule has 110 valence electrons. The Morgan fingerprint density at radius 1 is 1.35 bits per heavy atom. The highest BCUT2D eigenvalue weighted by Gasteiger charge is 2.19. The predicted octanol–water partition coefficient (Wildman–Crippen LogP) is 1.06. The number of carbonyl (C=O) groups is 2. The largest absolute Gasteiger partial charge is 0.465 e. The number of anilines is 2. The van der Waals surface area contributed by atoms with Gasteiger partial charge in [-0.1, -0.05) is 0 Å². The Labute approximate surface area is 118 Å². The molecule has 0 fully saturated rings. The SMILES string of the molecule is COC(=O)c1cc(N(CC(N)=O)C(C)C)cc(C)c1N. The molecule has 4 N–H and O–H groups in total. The molecule has 0 saturated carbocycles. The van der Waals surface area contributed by atoms with Crippen molar-refractivity contribution in [2.75, 3.05) is 24.3 Å². The Balaban J connectivity index is 3.33. The number of ether oxygens (including phenoxy) is 1. The molecule has 0 heterocycles. The number of nitrogen functional groups attached to an aromatic ring is 1. The lowest BCUT2D eigenvalue weighted by atomic mass is 10.1. The van der Waals surface area contributed by atoms with Gasteiger partial charge in [0.05, 0.1) is 19.2 Å². The number of primary amides is 1. The van der Waals surface area contributed by atoms with Gasteiger partial charge in [-0.15, -0.1) is 0 Å². The Hall–Kier alpha value is -2.24. The molecule has 0 aromatic heterocycles. The Kier molecular flexibility index (Phi) is 4.96. The van der Waals surface area contributed by atoms with E-state index in [1.54, 1.807) is 17.9 Å². The van der Waals surface area contributed by atoms with Crippen molar-refractivity contribution in [3.63, 3.8) is 0 Å². The number of esters is 1. The summed E-state index contributed by atoms with van der Waals surface area (Å²) in [6.07, 6.45) is 0. The fourth-order valence-corrected chi connectivity index (χ4v) is 1.96. The van der Waals surface area contributed by atoms with E-state index in [2.05, 4.69) is 0 Å². The van der Waals surface area contributed by atoms with Gasteiger partial charge in [-0.2, -0.15) is 0 Å². The zero-order valence-electron chi connectivity index (χ0n) is 12.3. The molecule has 0 bridgehead atoms. The molecule has 6 heteroatoms. The van der Waals surface area contributed by atoms with Gasteiger partial charge in [-0.3, -0.25) is 4.79 Å². The topological polar surface area (TPSA) is 98.6 Å². The second-order valence-electron chi connectivity index (χ2n) is 4.90. The van der Waals surface area contributed by atoms with Gasteiger partial charge in [0.2, 0.25) is 5.91 Å².